The summed E-state index contributed by atoms with van der Waals surface area (Å²) in [6.45, 7) is 11.6. The lowest BCUT2D eigenvalue weighted by Gasteiger charge is -2.29. The van der Waals surface area contributed by atoms with Crippen molar-refractivity contribution in [3.05, 3.63) is 29.8 Å². The fourth-order valence-electron chi connectivity index (χ4n) is 1.81. The fourth-order valence-corrected chi connectivity index (χ4v) is 1.81. The second kappa shape index (κ2) is 6.06. The van der Waals surface area contributed by atoms with Crippen LogP contribution in [0.1, 0.15) is 52.6 Å². The van der Waals surface area contributed by atoms with Crippen molar-refractivity contribution in [1.82, 2.24) is 5.32 Å². The summed E-state index contributed by atoms with van der Waals surface area (Å²) in [5.74, 6) is 0.952. The van der Waals surface area contributed by atoms with Gasteiger partial charge in [0.25, 0.3) is 0 Å². The second-order valence-corrected chi connectivity index (χ2v) is 5.11. The summed E-state index contributed by atoms with van der Waals surface area (Å²) in [5.41, 5.74) is 1.44. The molecule has 0 unspecified atom stereocenters. The Morgan fingerprint density at radius 1 is 1.29 bits per heavy atom. The van der Waals surface area contributed by atoms with Gasteiger partial charge in [0.15, 0.2) is 0 Å². The molecule has 0 fully saturated rings. The second-order valence-electron chi connectivity index (χ2n) is 5.11. The molecule has 1 aromatic rings. The van der Waals surface area contributed by atoms with Crippen molar-refractivity contribution in [1.29, 1.82) is 0 Å². The Balaban J connectivity index is 2.74. The summed E-state index contributed by atoms with van der Waals surface area (Å²) >= 11 is 0. The van der Waals surface area contributed by atoms with Crippen LogP contribution in [0.15, 0.2) is 24.3 Å². The maximum Gasteiger partial charge on any atom is 0.119 e. The van der Waals surface area contributed by atoms with E-state index in [0.717, 1.165) is 12.2 Å². The number of ether oxygens (including phenoxy) is 1. The Bertz CT molecular complexity index is 347. The van der Waals surface area contributed by atoms with Crippen LogP contribution in [0, 0.1) is 0 Å². The summed E-state index contributed by atoms with van der Waals surface area (Å²) in [7, 11) is 0. The van der Waals surface area contributed by atoms with Gasteiger partial charge < -0.3 is 10.1 Å². The van der Waals surface area contributed by atoms with E-state index < -0.39 is 0 Å². The van der Waals surface area contributed by atoms with Crippen LogP contribution in [-0.2, 0) is 0 Å². The standard InChI is InChI=1S/C15H25NO/c1-6-15(4,5)16-12(3)13-9-8-10-14(11-13)17-7-2/h8-12,16H,6-7H2,1-5H3/t12-/m0/s1. The van der Waals surface area contributed by atoms with Crippen LogP contribution >= 0.6 is 0 Å². The number of benzene rings is 1. The molecule has 1 N–H and O–H groups in total. The molecule has 0 amide bonds. The molecule has 17 heavy (non-hydrogen) atoms. The zero-order valence-corrected chi connectivity index (χ0v) is 11.7. The van der Waals surface area contributed by atoms with Gasteiger partial charge >= 0.3 is 0 Å². The SMILES string of the molecule is CCOc1cccc([C@H](C)NC(C)(C)CC)c1. The highest BCUT2D eigenvalue weighted by atomic mass is 16.5. The van der Waals surface area contributed by atoms with Crippen LogP contribution in [-0.4, -0.2) is 12.1 Å². The van der Waals surface area contributed by atoms with E-state index >= 15 is 0 Å². The van der Waals surface area contributed by atoms with Crippen LogP contribution in [0.25, 0.3) is 0 Å². The average molecular weight is 235 g/mol. The van der Waals surface area contributed by atoms with Gasteiger partial charge in [-0.15, -0.1) is 0 Å². The van der Waals surface area contributed by atoms with E-state index in [1.807, 2.05) is 13.0 Å². The van der Waals surface area contributed by atoms with Gasteiger partial charge in [-0.2, -0.15) is 0 Å². The molecule has 0 saturated carbocycles. The number of nitrogens with one attached hydrogen (secondary N) is 1. The first kappa shape index (κ1) is 14.0. The van der Waals surface area contributed by atoms with Crippen LogP contribution < -0.4 is 10.1 Å². The molecule has 0 heterocycles. The Kier molecular flexibility index (Phi) is 5.01. The smallest absolute Gasteiger partial charge is 0.119 e. The van der Waals surface area contributed by atoms with Gasteiger partial charge in [-0.3, -0.25) is 0 Å². The molecule has 0 spiro atoms. The predicted octanol–water partition coefficient (Wildman–Crippen LogP) is 3.92. The summed E-state index contributed by atoms with van der Waals surface area (Å²) in [6.07, 6.45) is 1.11. The maximum atomic E-state index is 5.53. The Morgan fingerprint density at radius 3 is 2.59 bits per heavy atom. The number of hydrogen-bond donors (Lipinski definition) is 1. The lowest BCUT2D eigenvalue weighted by atomic mass is 9.98. The molecule has 0 radical (unpaired) electrons. The minimum Gasteiger partial charge on any atom is -0.494 e. The van der Waals surface area contributed by atoms with Crippen molar-refractivity contribution in [2.24, 2.45) is 0 Å². The van der Waals surface area contributed by atoms with E-state index in [1.54, 1.807) is 0 Å². The molecule has 1 atom stereocenters. The first-order valence-corrected chi connectivity index (χ1v) is 6.49. The van der Waals surface area contributed by atoms with Crippen molar-refractivity contribution in [3.63, 3.8) is 0 Å². The first-order chi connectivity index (χ1) is 7.98. The molecular weight excluding hydrogens is 210 g/mol. The van der Waals surface area contributed by atoms with Gasteiger partial charge in [-0.25, -0.2) is 0 Å². The molecule has 2 nitrogen and oxygen atoms in total. The van der Waals surface area contributed by atoms with Gasteiger partial charge in [0.05, 0.1) is 6.61 Å². The summed E-state index contributed by atoms with van der Waals surface area (Å²) in [5, 5.41) is 3.64. The molecule has 0 aliphatic carbocycles. The maximum absolute atomic E-state index is 5.53. The highest BCUT2D eigenvalue weighted by Crippen LogP contribution is 2.22. The lowest BCUT2D eigenvalue weighted by molar-refractivity contribution is 0.330. The monoisotopic (exact) mass is 235 g/mol. The van der Waals surface area contributed by atoms with Crippen LogP contribution in [0.4, 0.5) is 0 Å². The Morgan fingerprint density at radius 2 is 2.00 bits per heavy atom. The third-order valence-corrected chi connectivity index (χ3v) is 3.16. The molecule has 0 aliphatic heterocycles. The lowest BCUT2D eigenvalue weighted by Crippen LogP contribution is -2.40. The van der Waals surface area contributed by atoms with Gasteiger partial charge in [0.1, 0.15) is 5.75 Å². The molecule has 96 valence electrons. The van der Waals surface area contributed by atoms with E-state index in [4.69, 9.17) is 4.74 Å². The van der Waals surface area contributed by atoms with Crippen molar-refractivity contribution in [2.75, 3.05) is 6.61 Å². The van der Waals surface area contributed by atoms with Crippen molar-refractivity contribution in [3.8, 4) is 5.75 Å². The molecule has 0 saturated heterocycles. The molecule has 0 aliphatic rings. The predicted molar refractivity (Wildman–Crippen MR) is 73.5 cm³/mol. The minimum absolute atomic E-state index is 0.168. The largest absolute Gasteiger partial charge is 0.494 e. The van der Waals surface area contributed by atoms with Gasteiger partial charge in [0.2, 0.25) is 0 Å². The third-order valence-electron chi connectivity index (χ3n) is 3.16. The van der Waals surface area contributed by atoms with E-state index in [0.29, 0.717) is 12.6 Å². The summed E-state index contributed by atoms with van der Waals surface area (Å²) in [6, 6.07) is 8.66. The van der Waals surface area contributed by atoms with E-state index in [1.165, 1.54) is 5.56 Å². The minimum atomic E-state index is 0.168. The van der Waals surface area contributed by atoms with Crippen LogP contribution in [0.5, 0.6) is 5.75 Å². The van der Waals surface area contributed by atoms with E-state index in [9.17, 15) is 0 Å². The zero-order valence-electron chi connectivity index (χ0n) is 11.7. The quantitative estimate of drug-likeness (QED) is 0.806. The molecular formula is C15H25NO. The van der Waals surface area contributed by atoms with Gasteiger partial charge in [0, 0.05) is 11.6 Å². The summed E-state index contributed by atoms with van der Waals surface area (Å²) in [4.78, 5) is 0. The van der Waals surface area contributed by atoms with Gasteiger partial charge in [-0.05, 0) is 51.8 Å². The Labute approximate surface area is 105 Å². The molecule has 2 heteroatoms. The Hall–Kier alpha value is -1.02. The normalized spacial score (nSPS) is 13.5. The topological polar surface area (TPSA) is 21.3 Å². The molecule has 0 aromatic heterocycles. The summed E-state index contributed by atoms with van der Waals surface area (Å²) < 4.78 is 5.53. The van der Waals surface area contributed by atoms with E-state index in [2.05, 4.69) is 51.2 Å². The number of rotatable bonds is 6. The number of hydrogen-bond acceptors (Lipinski definition) is 2. The van der Waals surface area contributed by atoms with Crippen LogP contribution in [0.2, 0.25) is 0 Å². The first-order valence-electron chi connectivity index (χ1n) is 6.49. The van der Waals surface area contributed by atoms with Crippen molar-refractivity contribution < 1.29 is 4.74 Å². The van der Waals surface area contributed by atoms with Crippen molar-refractivity contribution in [2.45, 2.75) is 52.6 Å². The average Bonchev–Trinajstić information content (AvgIpc) is 2.29. The molecule has 1 rings (SSSR count). The highest BCUT2D eigenvalue weighted by Gasteiger charge is 2.18. The van der Waals surface area contributed by atoms with Crippen LogP contribution in [0.3, 0.4) is 0 Å². The molecule has 1 aromatic carbocycles. The highest BCUT2D eigenvalue weighted by molar-refractivity contribution is 5.30. The van der Waals surface area contributed by atoms with Crippen molar-refractivity contribution >= 4 is 0 Å². The third kappa shape index (κ3) is 4.39. The molecule has 0 bridgehead atoms. The van der Waals surface area contributed by atoms with Gasteiger partial charge in [-0.1, -0.05) is 19.1 Å². The zero-order chi connectivity index (χ0) is 12.9. The fraction of sp³-hybridized carbons (Fsp3) is 0.600. The van der Waals surface area contributed by atoms with E-state index in [-0.39, 0.29) is 5.54 Å².